The minimum Gasteiger partial charge on any atom is -0.461 e. The fraction of sp³-hybridized carbons (Fsp3) is 0.190. The van der Waals surface area contributed by atoms with E-state index < -0.39 is 0 Å². The van der Waals surface area contributed by atoms with Gasteiger partial charge in [0.1, 0.15) is 12.7 Å². The van der Waals surface area contributed by atoms with Crippen molar-refractivity contribution in [1.29, 1.82) is 5.26 Å². The minimum atomic E-state index is -0.358. The Balaban J connectivity index is 1.44. The van der Waals surface area contributed by atoms with E-state index in [1.807, 2.05) is 34.9 Å². The van der Waals surface area contributed by atoms with Crippen molar-refractivity contribution in [3.05, 3.63) is 77.6 Å². The lowest BCUT2D eigenvalue weighted by Crippen LogP contribution is -2.24. The third-order valence-corrected chi connectivity index (χ3v) is 4.14. The van der Waals surface area contributed by atoms with Gasteiger partial charge in [0.2, 0.25) is 0 Å². The monoisotopic (exact) mass is 361 g/mol. The van der Waals surface area contributed by atoms with Crippen LogP contribution >= 0.6 is 0 Å². The molecule has 0 aliphatic heterocycles. The maximum atomic E-state index is 11.9. The molecule has 6 nitrogen and oxygen atoms in total. The van der Waals surface area contributed by atoms with Gasteiger partial charge in [0.15, 0.2) is 0 Å². The Morgan fingerprint density at radius 2 is 1.89 bits per heavy atom. The molecule has 1 amide bonds. The van der Waals surface area contributed by atoms with Crippen LogP contribution in [0.25, 0.3) is 5.52 Å². The van der Waals surface area contributed by atoms with Crippen molar-refractivity contribution in [3.63, 3.8) is 0 Å². The highest BCUT2D eigenvalue weighted by Crippen LogP contribution is 2.18. The number of esters is 1. The van der Waals surface area contributed by atoms with Crippen LogP contribution in [0, 0.1) is 11.3 Å². The number of benzene rings is 1. The van der Waals surface area contributed by atoms with Crippen molar-refractivity contribution in [2.45, 2.75) is 19.4 Å². The van der Waals surface area contributed by atoms with Crippen molar-refractivity contribution in [2.24, 2.45) is 0 Å². The molecule has 0 bridgehead atoms. The maximum Gasteiger partial charge on any atom is 0.306 e. The van der Waals surface area contributed by atoms with Crippen LogP contribution in [0.4, 0.5) is 0 Å². The predicted molar refractivity (Wildman–Crippen MR) is 99.9 cm³/mol. The number of hydrogen-bond donors (Lipinski definition) is 1. The molecule has 1 aromatic carbocycles. The summed E-state index contributed by atoms with van der Waals surface area (Å²) in [6, 6.07) is 16.6. The zero-order valence-corrected chi connectivity index (χ0v) is 14.7. The number of nitrogens with one attached hydrogen (secondary N) is 1. The van der Waals surface area contributed by atoms with Crippen molar-refractivity contribution in [1.82, 2.24) is 9.72 Å². The topological polar surface area (TPSA) is 83.6 Å². The van der Waals surface area contributed by atoms with E-state index in [0.717, 1.165) is 5.52 Å². The Morgan fingerprint density at radius 3 is 2.67 bits per heavy atom. The number of carbonyl (C=O) groups excluding carboxylic acids is 2. The zero-order chi connectivity index (χ0) is 19.1. The van der Waals surface area contributed by atoms with Gasteiger partial charge in [-0.05, 0) is 30.7 Å². The standard InChI is InChI=1S/C21H19N3O3/c22-13-18-17(14-24-12-5-4-9-19(18)24)15-27-20(25)10-6-11-23-21(26)16-7-2-1-3-8-16/h1-5,7-9,12,14H,6,10-11,15H2,(H,23,26). The number of rotatable bonds is 7. The number of nitrogens with zero attached hydrogens (tertiary/aromatic N) is 2. The van der Waals surface area contributed by atoms with Crippen LogP contribution in [0.15, 0.2) is 60.9 Å². The molecular formula is C21H19N3O3. The second-order valence-electron chi connectivity index (χ2n) is 6.02. The first-order valence-corrected chi connectivity index (χ1v) is 8.66. The van der Waals surface area contributed by atoms with Gasteiger partial charge in [-0.25, -0.2) is 0 Å². The highest BCUT2D eigenvalue weighted by atomic mass is 16.5. The Kier molecular flexibility index (Phi) is 5.85. The largest absolute Gasteiger partial charge is 0.461 e. The number of fused-ring (bicyclic) bond motifs is 1. The molecule has 0 saturated heterocycles. The van der Waals surface area contributed by atoms with Gasteiger partial charge < -0.3 is 14.5 Å². The molecular weight excluding hydrogens is 342 g/mol. The van der Waals surface area contributed by atoms with E-state index in [0.29, 0.717) is 29.7 Å². The lowest BCUT2D eigenvalue weighted by molar-refractivity contribution is -0.145. The van der Waals surface area contributed by atoms with E-state index in [2.05, 4.69) is 11.4 Å². The number of carbonyl (C=O) groups is 2. The maximum absolute atomic E-state index is 11.9. The smallest absolute Gasteiger partial charge is 0.306 e. The summed E-state index contributed by atoms with van der Waals surface area (Å²) in [5.74, 6) is -0.522. The average Bonchev–Trinajstić information content (AvgIpc) is 3.07. The molecule has 136 valence electrons. The quantitative estimate of drug-likeness (QED) is 0.518. The van der Waals surface area contributed by atoms with Gasteiger partial charge in [0, 0.05) is 36.5 Å². The molecule has 0 atom stereocenters. The van der Waals surface area contributed by atoms with Gasteiger partial charge in [0.25, 0.3) is 5.91 Å². The number of ether oxygens (including phenoxy) is 1. The van der Waals surface area contributed by atoms with E-state index in [-0.39, 0.29) is 24.9 Å². The molecule has 3 aromatic rings. The number of amides is 1. The lowest BCUT2D eigenvalue weighted by atomic mass is 10.2. The van der Waals surface area contributed by atoms with Crippen LogP contribution in [0.3, 0.4) is 0 Å². The normalized spacial score (nSPS) is 10.3. The number of aromatic nitrogens is 1. The molecule has 0 fully saturated rings. The summed E-state index contributed by atoms with van der Waals surface area (Å²) in [6.07, 6.45) is 4.32. The minimum absolute atomic E-state index is 0.0553. The van der Waals surface area contributed by atoms with Crippen molar-refractivity contribution >= 4 is 17.4 Å². The van der Waals surface area contributed by atoms with E-state index in [9.17, 15) is 14.9 Å². The molecule has 27 heavy (non-hydrogen) atoms. The van der Waals surface area contributed by atoms with E-state index in [1.165, 1.54) is 0 Å². The van der Waals surface area contributed by atoms with Crippen LogP contribution in [0.5, 0.6) is 0 Å². The Labute approximate surface area is 157 Å². The average molecular weight is 361 g/mol. The summed E-state index contributed by atoms with van der Waals surface area (Å²) >= 11 is 0. The third-order valence-electron chi connectivity index (χ3n) is 4.14. The third kappa shape index (κ3) is 4.53. The first-order valence-electron chi connectivity index (χ1n) is 8.66. The van der Waals surface area contributed by atoms with Crippen molar-refractivity contribution in [2.75, 3.05) is 6.54 Å². The van der Waals surface area contributed by atoms with Crippen LogP contribution in [0.2, 0.25) is 0 Å². The molecule has 0 unspecified atom stereocenters. The number of pyridine rings is 1. The summed E-state index contributed by atoms with van der Waals surface area (Å²) in [4.78, 5) is 23.8. The highest BCUT2D eigenvalue weighted by Gasteiger charge is 2.12. The van der Waals surface area contributed by atoms with Gasteiger partial charge in [-0.15, -0.1) is 0 Å². The second kappa shape index (κ2) is 8.68. The SMILES string of the molecule is N#Cc1c(COC(=O)CCCNC(=O)c2ccccc2)cn2ccccc12. The summed E-state index contributed by atoms with van der Waals surface area (Å²) in [5, 5.41) is 12.1. The van der Waals surface area contributed by atoms with Gasteiger partial charge in [-0.1, -0.05) is 24.3 Å². The first kappa shape index (κ1) is 18.2. The Morgan fingerprint density at radius 1 is 1.11 bits per heavy atom. The Hall–Kier alpha value is -3.59. The summed E-state index contributed by atoms with van der Waals surface area (Å²) in [6.45, 7) is 0.447. The second-order valence-corrected chi connectivity index (χ2v) is 6.02. The molecule has 0 spiro atoms. The van der Waals surface area contributed by atoms with Crippen LogP contribution < -0.4 is 5.32 Å². The molecule has 2 heterocycles. The van der Waals surface area contributed by atoms with E-state index in [4.69, 9.17) is 4.74 Å². The van der Waals surface area contributed by atoms with Crippen LogP contribution in [-0.2, 0) is 16.1 Å². The van der Waals surface area contributed by atoms with E-state index >= 15 is 0 Å². The molecule has 1 N–H and O–H groups in total. The molecule has 2 aromatic heterocycles. The van der Waals surface area contributed by atoms with Gasteiger partial charge in [-0.3, -0.25) is 9.59 Å². The van der Waals surface area contributed by atoms with Gasteiger partial charge in [-0.2, -0.15) is 5.26 Å². The molecule has 0 radical (unpaired) electrons. The fourth-order valence-electron chi connectivity index (χ4n) is 2.77. The van der Waals surface area contributed by atoms with Gasteiger partial charge in [0.05, 0.1) is 11.1 Å². The van der Waals surface area contributed by atoms with Crippen LogP contribution in [-0.4, -0.2) is 22.8 Å². The van der Waals surface area contributed by atoms with Crippen LogP contribution in [0.1, 0.15) is 34.3 Å². The lowest BCUT2D eigenvalue weighted by Gasteiger charge is -2.06. The molecule has 0 saturated carbocycles. The summed E-state index contributed by atoms with van der Waals surface area (Å²) in [5.41, 5.74) is 2.56. The molecule has 6 heteroatoms. The molecule has 0 aliphatic rings. The summed E-state index contributed by atoms with van der Waals surface area (Å²) in [7, 11) is 0. The number of hydrogen-bond acceptors (Lipinski definition) is 4. The predicted octanol–water partition coefficient (Wildman–Crippen LogP) is 3.06. The Bertz CT molecular complexity index is 987. The van der Waals surface area contributed by atoms with Crippen molar-refractivity contribution in [3.8, 4) is 6.07 Å². The molecule has 0 aliphatic carbocycles. The van der Waals surface area contributed by atoms with Gasteiger partial charge >= 0.3 is 5.97 Å². The zero-order valence-electron chi connectivity index (χ0n) is 14.7. The molecule has 3 rings (SSSR count). The highest BCUT2D eigenvalue weighted by molar-refractivity contribution is 5.94. The van der Waals surface area contributed by atoms with Crippen molar-refractivity contribution < 1.29 is 14.3 Å². The fourth-order valence-corrected chi connectivity index (χ4v) is 2.77. The number of nitriles is 1. The van der Waals surface area contributed by atoms with E-state index in [1.54, 1.807) is 30.5 Å². The first-order chi connectivity index (χ1) is 13.2. The summed E-state index contributed by atoms with van der Waals surface area (Å²) < 4.78 is 7.11.